The first-order valence-corrected chi connectivity index (χ1v) is 12.7. The van der Waals surface area contributed by atoms with E-state index in [1.807, 2.05) is 32.9 Å². The fourth-order valence-corrected chi connectivity index (χ4v) is 4.56. The average molecular weight is 520 g/mol. The molecule has 2 aliphatic heterocycles. The van der Waals surface area contributed by atoms with Crippen LogP contribution in [0.25, 0.3) is 0 Å². The van der Waals surface area contributed by atoms with Crippen LogP contribution in [0.5, 0.6) is 0 Å². The van der Waals surface area contributed by atoms with Crippen molar-refractivity contribution in [3.63, 3.8) is 0 Å². The van der Waals surface area contributed by atoms with Crippen LogP contribution in [-0.4, -0.2) is 87.9 Å². The van der Waals surface area contributed by atoms with E-state index in [1.54, 1.807) is 38.4 Å². The lowest BCUT2D eigenvalue weighted by Crippen LogP contribution is -2.62. The molecular formula is C27H41N3O7. The van der Waals surface area contributed by atoms with Crippen LogP contribution in [0.3, 0.4) is 0 Å². The molecule has 10 heteroatoms. The number of allylic oxidation sites excluding steroid dienone is 1. The van der Waals surface area contributed by atoms with Crippen molar-refractivity contribution in [3.8, 4) is 0 Å². The smallest absolute Gasteiger partial charge is 0.252 e. The number of carbonyl (C=O) groups is 2. The van der Waals surface area contributed by atoms with E-state index in [0.29, 0.717) is 6.42 Å². The second kappa shape index (κ2) is 12.0. The third kappa shape index (κ3) is 8.05. The van der Waals surface area contributed by atoms with Gasteiger partial charge >= 0.3 is 0 Å². The lowest BCUT2D eigenvalue weighted by molar-refractivity contribution is -0.334. The number of likely N-dealkylation sites (tertiary alicyclic amines) is 1. The van der Waals surface area contributed by atoms with Crippen LogP contribution in [0.1, 0.15) is 53.0 Å². The normalized spacial score (nSPS) is 29.7. The van der Waals surface area contributed by atoms with Gasteiger partial charge in [-0.25, -0.2) is 0 Å². The van der Waals surface area contributed by atoms with Crippen molar-refractivity contribution >= 4 is 11.8 Å². The molecule has 0 bridgehead atoms. The van der Waals surface area contributed by atoms with E-state index in [1.165, 1.54) is 12.0 Å². The lowest BCUT2D eigenvalue weighted by Gasteiger charge is -2.45. The third-order valence-electron chi connectivity index (χ3n) is 6.35. The average Bonchev–Trinajstić information content (AvgIpc) is 2.94. The molecule has 0 aliphatic carbocycles. The van der Waals surface area contributed by atoms with Gasteiger partial charge in [-0.05, 0) is 43.7 Å². The van der Waals surface area contributed by atoms with Crippen molar-refractivity contribution in [1.29, 1.82) is 0 Å². The predicted molar refractivity (Wildman–Crippen MR) is 136 cm³/mol. The van der Waals surface area contributed by atoms with Gasteiger partial charge in [0.05, 0.1) is 6.10 Å². The predicted octanol–water partition coefficient (Wildman–Crippen LogP) is 1.55. The summed E-state index contributed by atoms with van der Waals surface area (Å²) in [6.45, 7) is 9.93. The van der Waals surface area contributed by atoms with Crippen LogP contribution in [0.2, 0.25) is 0 Å². The fraction of sp³-hybridized carbons (Fsp3) is 0.667. The van der Waals surface area contributed by atoms with Crippen molar-refractivity contribution in [1.82, 2.24) is 15.2 Å². The Morgan fingerprint density at radius 2 is 2.05 bits per heavy atom. The zero-order chi connectivity index (χ0) is 27.4. The maximum Gasteiger partial charge on any atom is 0.252 e. The number of rotatable bonds is 7. The molecule has 206 valence electrons. The summed E-state index contributed by atoms with van der Waals surface area (Å²) >= 11 is 0. The second-order valence-corrected chi connectivity index (χ2v) is 11.3. The number of amides is 2. The van der Waals surface area contributed by atoms with E-state index in [9.17, 15) is 19.8 Å². The summed E-state index contributed by atoms with van der Waals surface area (Å²) in [5.41, 5.74) is 0.686. The SMILES string of the molecule is CO[C@@H](C(=O)N[C@H]1CC[C@@H](O)CN(Cc2cccnc2)C1=O)[C@@H]1OC(C)(C)O[C@H](/C=C/C(C)(C)C)[C@H]1O. The van der Waals surface area contributed by atoms with Crippen LogP contribution in [-0.2, 0) is 30.3 Å². The lowest BCUT2D eigenvalue weighted by atomic mass is 9.93. The number of nitrogens with one attached hydrogen (secondary N) is 1. The first-order valence-electron chi connectivity index (χ1n) is 12.7. The highest BCUT2D eigenvalue weighted by Gasteiger charge is 2.48. The highest BCUT2D eigenvalue weighted by Crippen LogP contribution is 2.31. The summed E-state index contributed by atoms with van der Waals surface area (Å²) in [5.74, 6) is -1.97. The van der Waals surface area contributed by atoms with Crippen molar-refractivity contribution in [2.24, 2.45) is 5.41 Å². The van der Waals surface area contributed by atoms with Gasteiger partial charge in [0.2, 0.25) is 5.91 Å². The Hall–Kier alpha value is -2.37. The van der Waals surface area contributed by atoms with Gasteiger partial charge in [-0.15, -0.1) is 0 Å². The zero-order valence-electron chi connectivity index (χ0n) is 22.6. The molecule has 2 fully saturated rings. The topological polar surface area (TPSA) is 130 Å². The van der Waals surface area contributed by atoms with Gasteiger partial charge in [0.25, 0.3) is 5.91 Å². The first kappa shape index (κ1) is 29.2. The van der Waals surface area contributed by atoms with Crippen LogP contribution >= 0.6 is 0 Å². The van der Waals surface area contributed by atoms with E-state index in [0.717, 1.165) is 5.56 Å². The molecule has 0 aromatic carbocycles. The molecule has 0 radical (unpaired) electrons. The number of methoxy groups -OCH3 is 1. The maximum atomic E-state index is 13.4. The van der Waals surface area contributed by atoms with Gasteiger partial charge < -0.3 is 34.6 Å². The number of hydrogen-bond acceptors (Lipinski definition) is 8. The summed E-state index contributed by atoms with van der Waals surface area (Å²) in [4.78, 5) is 32.4. The van der Waals surface area contributed by atoms with E-state index in [2.05, 4.69) is 10.3 Å². The molecule has 2 saturated heterocycles. The summed E-state index contributed by atoms with van der Waals surface area (Å²) in [6, 6.07) is 2.77. The molecule has 1 aromatic heterocycles. The van der Waals surface area contributed by atoms with Gasteiger partial charge in [0, 0.05) is 32.6 Å². The Kier molecular flexibility index (Phi) is 9.47. The summed E-state index contributed by atoms with van der Waals surface area (Å²) in [6.07, 6.45) is 2.79. The van der Waals surface area contributed by atoms with Gasteiger partial charge in [-0.1, -0.05) is 39.0 Å². The van der Waals surface area contributed by atoms with Crippen LogP contribution in [0.15, 0.2) is 36.7 Å². The minimum atomic E-state index is -1.20. The zero-order valence-corrected chi connectivity index (χ0v) is 22.6. The van der Waals surface area contributed by atoms with Crippen LogP contribution in [0.4, 0.5) is 0 Å². The number of aromatic nitrogens is 1. The number of ether oxygens (including phenoxy) is 3. The standard InChI is InChI=1S/C27H41N3O7/c1-26(2,3)12-11-20-21(32)22(37-27(4,5)36-20)23(35-6)24(33)29-19-10-9-18(31)16-30(25(19)34)15-17-8-7-13-28-14-17/h7-8,11-14,18-23,31-32H,9-10,15-16H2,1-6H3,(H,29,33)/b12-11+/t18-,19+,20-,21-,22-,23-/m1/s1. The minimum absolute atomic E-state index is 0.134. The molecule has 37 heavy (non-hydrogen) atoms. The number of nitrogens with zero attached hydrogens (tertiary/aromatic N) is 2. The largest absolute Gasteiger partial charge is 0.391 e. The second-order valence-electron chi connectivity index (χ2n) is 11.3. The molecule has 10 nitrogen and oxygen atoms in total. The Morgan fingerprint density at radius 3 is 2.68 bits per heavy atom. The molecule has 3 N–H and O–H groups in total. The Balaban J connectivity index is 1.76. The van der Waals surface area contributed by atoms with Gasteiger partial charge in [-0.2, -0.15) is 0 Å². The Bertz CT molecular complexity index is 947. The molecular weight excluding hydrogens is 478 g/mol. The maximum absolute atomic E-state index is 13.4. The summed E-state index contributed by atoms with van der Waals surface area (Å²) < 4.78 is 17.4. The Labute approximate surface area is 219 Å². The first-order chi connectivity index (χ1) is 17.3. The highest BCUT2D eigenvalue weighted by molar-refractivity contribution is 5.90. The third-order valence-corrected chi connectivity index (χ3v) is 6.35. The van der Waals surface area contributed by atoms with Crippen LogP contribution in [0, 0.1) is 5.41 Å². The number of aliphatic hydroxyl groups is 2. The van der Waals surface area contributed by atoms with Gasteiger partial charge in [0.1, 0.15) is 24.4 Å². The van der Waals surface area contributed by atoms with E-state index < -0.39 is 48.3 Å². The number of aliphatic hydroxyl groups excluding tert-OH is 2. The minimum Gasteiger partial charge on any atom is -0.391 e. The van der Waals surface area contributed by atoms with Crippen LogP contribution < -0.4 is 5.32 Å². The monoisotopic (exact) mass is 519 g/mol. The Morgan fingerprint density at radius 1 is 1.32 bits per heavy atom. The van der Waals surface area contributed by atoms with Crippen molar-refractivity contribution in [3.05, 3.63) is 42.2 Å². The number of hydrogen-bond donors (Lipinski definition) is 3. The molecule has 2 aliphatic rings. The van der Waals surface area contributed by atoms with Gasteiger partial charge in [0.15, 0.2) is 11.9 Å². The number of pyridine rings is 1. The van der Waals surface area contributed by atoms with E-state index in [4.69, 9.17) is 14.2 Å². The molecule has 3 rings (SSSR count). The van der Waals surface area contributed by atoms with Crippen molar-refractivity contribution in [2.75, 3.05) is 13.7 Å². The highest BCUT2D eigenvalue weighted by atomic mass is 16.7. The van der Waals surface area contributed by atoms with Gasteiger partial charge in [-0.3, -0.25) is 14.6 Å². The molecule has 1 aromatic rings. The van der Waals surface area contributed by atoms with E-state index >= 15 is 0 Å². The summed E-state index contributed by atoms with van der Waals surface area (Å²) in [7, 11) is 1.36. The van der Waals surface area contributed by atoms with Crippen molar-refractivity contribution in [2.45, 2.75) is 96.4 Å². The molecule has 0 unspecified atom stereocenters. The van der Waals surface area contributed by atoms with E-state index in [-0.39, 0.29) is 30.8 Å². The summed E-state index contributed by atoms with van der Waals surface area (Å²) in [5, 5.41) is 24.2. The molecule has 6 atom stereocenters. The number of carbonyl (C=O) groups excluding carboxylic acids is 2. The molecule has 0 saturated carbocycles. The number of β-amino-alcohol motifs (C(OH)–C–C–N with tert-alkyl or cyclic N) is 1. The molecule has 2 amide bonds. The molecule has 0 spiro atoms. The fourth-order valence-electron chi connectivity index (χ4n) is 4.56. The molecule has 3 heterocycles. The quantitative estimate of drug-likeness (QED) is 0.463. The van der Waals surface area contributed by atoms with Crippen molar-refractivity contribution < 1.29 is 34.0 Å².